The minimum atomic E-state index is -3.80. The van der Waals surface area contributed by atoms with Crippen molar-refractivity contribution in [2.24, 2.45) is 10.8 Å². The molecule has 1 aliphatic rings. The average molecular weight is 352 g/mol. The van der Waals surface area contributed by atoms with Gasteiger partial charge in [-0.05, 0) is 28.5 Å². The predicted octanol–water partition coefficient (Wildman–Crippen LogP) is 3.20. The Morgan fingerprint density at radius 3 is 2.14 bits per heavy atom. The number of aliphatic hydroxyl groups is 1. The molecule has 0 aromatic heterocycles. The van der Waals surface area contributed by atoms with E-state index >= 15 is 0 Å². The van der Waals surface area contributed by atoms with Crippen molar-refractivity contribution >= 4 is 33.2 Å². The van der Waals surface area contributed by atoms with E-state index in [0.29, 0.717) is 5.56 Å². The van der Waals surface area contributed by atoms with E-state index in [1.54, 1.807) is 0 Å². The second-order valence-electron chi connectivity index (χ2n) is 6.53. The molecule has 0 aliphatic heterocycles. The summed E-state index contributed by atoms with van der Waals surface area (Å²) in [5, 5.41) is 9.46. The van der Waals surface area contributed by atoms with E-state index in [4.69, 9.17) is 23.2 Å². The maximum atomic E-state index is 12.6. The van der Waals surface area contributed by atoms with Crippen LogP contribution in [0, 0.1) is 10.8 Å². The molecule has 1 aromatic carbocycles. The Hall–Kier alpha value is -0.330. The molecule has 0 heterocycles. The lowest BCUT2D eigenvalue weighted by atomic mass is 10.0. The molecule has 1 aromatic rings. The molecule has 2 N–H and O–H groups in total. The summed E-state index contributed by atoms with van der Waals surface area (Å²) in [5.74, 6) is 0. The highest BCUT2D eigenvalue weighted by atomic mass is 35.5. The summed E-state index contributed by atoms with van der Waals surface area (Å²) in [7, 11) is -3.80. The monoisotopic (exact) mass is 351 g/mol. The minimum absolute atomic E-state index is 0.00524. The van der Waals surface area contributed by atoms with E-state index in [1.807, 2.05) is 27.7 Å². The number of halogens is 2. The molecule has 1 saturated carbocycles. The Labute approximate surface area is 135 Å². The lowest BCUT2D eigenvalue weighted by Gasteiger charge is -2.12. The molecule has 7 heteroatoms. The molecule has 118 valence electrons. The van der Waals surface area contributed by atoms with Crippen LogP contribution in [0.3, 0.4) is 0 Å². The standard InChI is InChI=1S/C14H19Cl2NO3S/c1-13(2)12(14(13,3)4)17-21(19,20)10-6-9(15)5-8(7-18)11(10)16/h5-6,12,17-18H,7H2,1-4H3. The zero-order valence-electron chi connectivity index (χ0n) is 12.4. The molecule has 2 rings (SSSR count). The van der Waals surface area contributed by atoms with Crippen molar-refractivity contribution in [2.45, 2.75) is 45.2 Å². The minimum Gasteiger partial charge on any atom is -0.392 e. The first kappa shape index (κ1) is 17.0. The van der Waals surface area contributed by atoms with Crippen molar-refractivity contribution in [3.8, 4) is 0 Å². The average Bonchev–Trinajstić information content (AvgIpc) is 2.73. The molecule has 0 atom stereocenters. The first-order valence-electron chi connectivity index (χ1n) is 6.56. The van der Waals surface area contributed by atoms with Crippen LogP contribution in [-0.4, -0.2) is 19.6 Å². The van der Waals surface area contributed by atoms with Gasteiger partial charge in [0.15, 0.2) is 0 Å². The first-order valence-corrected chi connectivity index (χ1v) is 8.80. The Morgan fingerprint density at radius 1 is 1.19 bits per heavy atom. The molecule has 0 spiro atoms. The van der Waals surface area contributed by atoms with E-state index in [9.17, 15) is 13.5 Å². The fourth-order valence-corrected chi connectivity index (χ4v) is 5.09. The van der Waals surface area contributed by atoms with Crippen LogP contribution >= 0.6 is 23.2 Å². The summed E-state index contributed by atoms with van der Waals surface area (Å²) >= 11 is 12.0. The van der Waals surface area contributed by atoms with Crippen molar-refractivity contribution in [3.05, 3.63) is 27.7 Å². The van der Waals surface area contributed by atoms with Gasteiger partial charge in [0.25, 0.3) is 0 Å². The van der Waals surface area contributed by atoms with Crippen LogP contribution < -0.4 is 4.72 Å². The molecule has 1 aliphatic carbocycles. The van der Waals surface area contributed by atoms with Crippen molar-refractivity contribution < 1.29 is 13.5 Å². The molecule has 0 amide bonds. The van der Waals surface area contributed by atoms with E-state index in [1.165, 1.54) is 12.1 Å². The molecule has 0 saturated heterocycles. The lowest BCUT2D eigenvalue weighted by Crippen LogP contribution is -2.30. The van der Waals surface area contributed by atoms with Gasteiger partial charge < -0.3 is 5.11 Å². The fourth-order valence-electron chi connectivity index (χ4n) is 2.64. The SMILES string of the molecule is CC1(C)C(NS(=O)(=O)c2cc(Cl)cc(CO)c2Cl)C1(C)C. The van der Waals surface area contributed by atoms with Gasteiger partial charge in [-0.15, -0.1) is 0 Å². The van der Waals surface area contributed by atoms with Crippen LogP contribution in [-0.2, 0) is 16.6 Å². The summed E-state index contributed by atoms with van der Waals surface area (Å²) in [5.41, 5.74) is 0.0226. The fraction of sp³-hybridized carbons (Fsp3) is 0.571. The Kier molecular flexibility index (Phi) is 4.14. The number of aliphatic hydroxyl groups excluding tert-OH is 1. The summed E-state index contributed by atoms with van der Waals surface area (Å²) in [4.78, 5) is -0.0979. The summed E-state index contributed by atoms with van der Waals surface area (Å²) in [6.45, 7) is 7.68. The van der Waals surface area contributed by atoms with Gasteiger partial charge in [-0.25, -0.2) is 13.1 Å². The van der Waals surface area contributed by atoms with Crippen LogP contribution in [0.25, 0.3) is 0 Å². The smallest absolute Gasteiger partial charge is 0.242 e. The zero-order valence-corrected chi connectivity index (χ0v) is 14.7. The molecular formula is C14H19Cl2NO3S. The largest absolute Gasteiger partial charge is 0.392 e. The highest BCUT2D eigenvalue weighted by Crippen LogP contribution is 2.63. The van der Waals surface area contributed by atoms with Gasteiger partial charge >= 0.3 is 0 Å². The third-order valence-electron chi connectivity index (χ3n) is 4.83. The van der Waals surface area contributed by atoms with Crippen LogP contribution in [0.2, 0.25) is 10.0 Å². The third-order valence-corrected chi connectivity index (χ3v) is 7.06. The number of nitrogens with one attached hydrogen (secondary N) is 1. The molecular weight excluding hydrogens is 333 g/mol. The van der Waals surface area contributed by atoms with Crippen LogP contribution in [0.15, 0.2) is 17.0 Å². The number of hydrogen-bond acceptors (Lipinski definition) is 3. The Balaban J connectivity index is 2.41. The second-order valence-corrected chi connectivity index (χ2v) is 9.03. The summed E-state index contributed by atoms with van der Waals surface area (Å²) in [6, 6.07) is 2.57. The van der Waals surface area contributed by atoms with E-state index < -0.39 is 10.0 Å². The van der Waals surface area contributed by atoms with Gasteiger partial charge in [0.1, 0.15) is 4.90 Å². The normalized spacial score (nSPS) is 20.5. The molecule has 0 bridgehead atoms. The van der Waals surface area contributed by atoms with Crippen molar-refractivity contribution in [1.82, 2.24) is 4.72 Å². The number of rotatable bonds is 4. The summed E-state index contributed by atoms with van der Waals surface area (Å²) in [6.07, 6.45) is 0. The van der Waals surface area contributed by atoms with Gasteiger partial charge in [-0.1, -0.05) is 50.9 Å². The van der Waals surface area contributed by atoms with E-state index in [0.717, 1.165) is 0 Å². The van der Waals surface area contributed by atoms with Crippen LogP contribution in [0.5, 0.6) is 0 Å². The number of sulfonamides is 1. The quantitative estimate of drug-likeness (QED) is 0.875. The topological polar surface area (TPSA) is 66.4 Å². The molecule has 1 fully saturated rings. The Bertz CT molecular complexity index is 670. The first-order chi connectivity index (χ1) is 9.45. The molecule has 0 unspecified atom stereocenters. The highest BCUT2D eigenvalue weighted by Gasteiger charge is 2.66. The number of benzene rings is 1. The van der Waals surface area contributed by atoms with Gasteiger partial charge in [0.2, 0.25) is 10.0 Å². The van der Waals surface area contributed by atoms with Crippen molar-refractivity contribution in [2.75, 3.05) is 0 Å². The van der Waals surface area contributed by atoms with Crippen molar-refractivity contribution in [3.63, 3.8) is 0 Å². The maximum absolute atomic E-state index is 12.6. The number of hydrogen-bond donors (Lipinski definition) is 2. The lowest BCUT2D eigenvalue weighted by molar-refractivity contribution is 0.281. The maximum Gasteiger partial charge on any atom is 0.242 e. The molecule has 4 nitrogen and oxygen atoms in total. The highest BCUT2D eigenvalue weighted by molar-refractivity contribution is 7.89. The molecule has 21 heavy (non-hydrogen) atoms. The third kappa shape index (κ3) is 2.70. The predicted molar refractivity (Wildman–Crippen MR) is 84.1 cm³/mol. The second kappa shape index (κ2) is 5.10. The van der Waals surface area contributed by atoms with Gasteiger partial charge in [0.05, 0.1) is 11.6 Å². The van der Waals surface area contributed by atoms with Gasteiger partial charge in [-0.2, -0.15) is 0 Å². The van der Waals surface area contributed by atoms with Crippen LogP contribution in [0.1, 0.15) is 33.3 Å². The van der Waals surface area contributed by atoms with Gasteiger partial charge in [0, 0.05) is 11.1 Å². The van der Waals surface area contributed by atoms with E-state index in [-0.39, 0.29) is 38.4 Å². The Morgan fingerprint density at radius 2 is 1.71 bits per heavy atom. The zero-order chi connectivity index (χ0) is 16.2. The van der Waals surface area contributed by atoms with Gasteiger partial charge in [-0.3, -0.25) is 0 Å². The van der Waals surface area contributed by atoms with Crippen molar-refractivity contribution in [1.29, 1.82) is 0 Å². The van der Waals surface area contributed by atoms with E-state index in [2.05, 4.69) is 4.72 Å². The molecule has 0 radical (unpaired) electrons. The van der Waals surface area contributed by atoms with Crippen LogP contribution in [0.4, 0.5) is 0 Å². The summed E-state index contributed by atoms with van der Waals surface area (Å²) < 4.78 is 27.8.